The molecule has 82 valence electrons. The highest BCUT2D eigenvalue weighted by Crippen LogP contribution is 2.33. The molecule has 4 heteroatoms. The Bertz CT molecular complexity index is 573. The van der Waals surface area contributed by atoms with Gasteiger partial charge in [-0.1, -0.05) is 24.3 Å². The number of carbonyl (C=O) groups is 2. The van der Waals surface area contributed by atoms with Gasteiger partial charge in [0.15, 0.2) is 11.6 Å². The van der Waals surface area contributed by atoms with Crippen molar-refractivity contribution in [2.24, 2.45) is 0 Å². The lowest BCUT2D eigenvalue weighted by molar-refractivity contribution is 0.0890. The van der Waals surface area contributed by atoms with Crippen LogP contribution in [0.25, 0.3) is 0 Å². The van der Waals surface area contributed by atoms with Crippen LogP contribution in [0.2, 0.25) is 0 Å². The molecule has 1 heterocycles. The summed E-state index contributed by atoms with van der Waals surface area (Å²) >= 11 is 0. The minimum absolute atomic E-state index is 0.154. The molecule has 0 radical (unpaired) electrons. The predicted molar refractivity (Wildman–Crippen MR) is 59.9 cm³/mol. The van der Waals surface area contributed by atoms with Crippen molar-refractivity contribution >= 4 is 11.6 Å². The molecule has 0 unspecified atom stereocenters. The van der Waals surface area contributed by atoms with E-state index >= 15 is 0 Å². The molecule has 0 saturated carbocycles. The van der Waals surface area contributed by atoms with Gasteiger partial charge in [-0.05, 0) is 11.6 Å². The molecule has 4 nitrogen and oxygen atoms in total. The minimum atomic E-state index is -0.747. The SMILES string of the molecule is O=C1c2ccccc2C(=O)C1c1ccnnc1. The lowest BCUT2D eigenvalue weighted by atomic mass is 9.96. The number of carbonyl (C=O) groups excluding carboxylic acids is 2. The van der Waals surface area contributed by atoms with E-state index in [0.717, 1.165) is 0 Å². The number of ketones is 2. The van der Waals surface area contributed by atoms with Gasteiger partial charge in [-0.15, -0.1) is 0 Å². The molecule has 0 bridgehead atoms. The molecule has 0 saturated heterocycles. The summed E-state index contributed by atoms with van der Waals surface area (Å²) in [7, 11) is 0. The van der Waals surface area contributed by atoms with Crippen molar-refractivity contribution in [3.8, 4) is 0 Å². The summed E-state index contributed by atoms with van der Waals surface area (Å²) in [6, 6.07) is 8.54. The zero-order chi connectivity index (χ0) is 11.8. The zero-order valence-corrected chi connectivity index (χ0v) is 8.83. The molecule has 1 aromatic heterocycles. The third-order valence-corrected chi connectivity index (χ3v) is 2.92. The Hall–Kier alpha value is -2.36. The number of rotatable bonds is 1. The summed E-state index contributed by atoms with van der Waals surface area (Å²) in [5, 5.41) is 7.35. The Morgan fingerprint density at radius 3 is 2.06 bits per heavy atom. The first-order valence-corrected chi connectivity index (χ1v) is 5.23. The average Bonchev–Trinajstić information content (AvgIpc) is 2.64. The summed E-state index contributed by atoms with van der Waals surface area (Å²) in [5.41, 5.74) is 1.60. The second-order valence-electron chi connectivity index (χ2n) is 3.88. The summed E-state index contributed by atoms with van der Waals surface area (Å²) in [6.45, 7) is 0. The van der Waals surface area contributed by atoms with Crippen LogP contribution in [-0.4, -0.2) is 21.8 Å². The maximum absolute atomic E-state index is 12.1. The fraction of sp³-hybridized carbons (Fsp3) is 0.0769. The summed E-state index contributed by atoms with van der Waals surface area (Å²) in [5.74, 6) is -1.06. The quantitative estimate of drug-likeness (QED) is 0.691. The van der Waals surface area contributed by atoms with E-state index in [2.05, 4.69) is 10.2 Å². The van der Waals surface area contributed by atoms with Crippen LogP contribution in [0.3, 0.4) is 0 Å². The van der Waals surface area contributed by atoms with Crippen molar-refractivity contribution in [1.82, 2.24) is 10.2 Å². The van der Waals surface area contributed by atoms with Gasteiger partial charge in [-0.25, -0.2) is 0 Å². The maximum atomic E-state index is 12.1. The van der Waals surface area contributed by atoms with Crippen molar-refractivity contribution in [2.75, 3.05) is 0 Å². The Labute approximate surface area is 97.3 Å². The molecular weight excluding hydrogens is 216 g/mol. The van der Waals surface area contributed by atoms with Gasteiger partial charge in [0.1, 0.15) is 5.92 Å². The third-order valence-electron chi connectivity index (χ3n) is 2.92. The molecule has 0 amide bonds. The summed E-state index contributed by atoms with van der Waals surface area (Å²) < 4.78 is 0. The monoisotopic (exact) mass is 224 g/mol. The molecule has 0 N–H and O–H groups in total. The van der Waals surface area contributed by atoms with E-state index < -0.39 is 5.92 Å². The molecule has 0 fully saturated rings. The average molecular weight is 224 g/mol. The highest BCUT2D eigenvalue weighted by Gasteiger charge is 2.39. The van der Waals surface area contributed by atoms with E-state index in [1.807, 2.05) is 0 Å². The van der Waals surface area contributed by atoms with Gasteiger partial charge in [0, 0.05) is 17.3 Å². The van der Waals surface area contributed by atoms with Crippen molar-refractivity contribution in [2.45, 2.75) is 5.92 Å². The number of nitrogens with zero attached hydrogens (tertiary/aromatic N) is 2. The van der Waals surface area contributed by atoms with E-state index in [1.165, 1.54) is 12.4 Å². The summed E-state index contributed by atoms with van der Waals surface area (Å²) in [6.07, 6.45) is 2.95. The zero-order valence-electron chi connectivity index (χ0n) is 8.83. The van der Waals surface area contributed by atoms with Crippen molar-refractivity contribution < 1.29 is 9.59 Å². The molecule has 3 rings (SSSR count). The molecule has 0 spiro atoms. The minimum Gasteiger partial charge on any atom is -0.293 e. The van der Waals surface area contributed by atoms with Crippen LogP contribution in [0.4, 0.5) is 0 Å². The highest BCUT2D eigenvalue weighted by atomic mass is 16.2. The maximum Gasteiger partial charge on any atom is 0.178 e. The number of hydrogen-bond donors (Lipinski definition) is 0. The van der Waals surface area contributed by atoms with Gasteiger partial charge >= 0.3 is 0 Å². The third kappa shape index (κ3) is 1.38. The normalized spacial score (nSPS) is 15.1. The van der Waals surface area contributed by atoms with Crippen LogP contribution >= 0.6 is 0 Å². The topological polar surface area (TPSA) is 59.9 Å². The standard InChI is InChI=1S/C13H8N2O2/c16-12-9-3-1-2-4-10(9)13(17)11(12)8-5-6-14-15-7-8/h1-7,11H. The number of benzene rings is 1. The first kappa shape index (κ1) is 9.84. The van der Waals surface area contributed by atoms with E-state index in [1.54, 1.807) is 30.3 Å². The van der Waals surface area contributed by atoms with Crippen LogP contribution < -0.4 is 0 Å². The Balaban J connectivity index is 2.13. The number of hydrogen-bond acceptors (Lipinski definition) is 4. The van der Waals surface area contributed by atoms with Crippen molar-refractivity contribution in [3.63, 3.8) is 0 Å². The fourth-order valence-corrected chi connectivity index (χ4v) is 2.12. The number of fused-ring (bicyclic) bond motifs is 1. The lowest BCUT2D eigenvalue weighted by Crippen LogP contribution is -2.13. The molecule has 1 aliphatic rings. The molecule has 17 heavy (non-hydrogen) atoms. The van der Waals surface area contributed by atoms with Crippen LogP contribution in [0.5, 0.6) is 0 Å². The largest absolute Gasteiger partial charge is 0.293 e. The smallest absolute Gasteiger partial charge is 0.178 e. The van der Waals surface area contributed by atoms with Gasteiger partial charge in [0.2, 0.25) is 0 Å². The molecule has 0 aliphatic heterocycles. The highest BCUT2D eigenvalue weighted by molar-refractivity contribution is 6.29. The van der Waals surface area contributed by atoms with Gasteiger partial charge in [-0.2, -0.15) is 10.2 Å². The second-order valence-corrected chi connectivity index (χ2v) is 3.88. The predicted octanol–water partition coefficient (Wildman–Crippen LogP) is 1.64. The van der Waals surface area contributed by atoms with Gasteiger partial charge in [-0.3, -0.25) is 9.59 Å². The molecule has 2 aromatic rings. The Morgan fingerprint density at radius 1 is 0.882 bits per heavy atom. The van der Waals surface area contributed by atoms with E-state index in [0.29, 0.717) is 16.7 Å². The van der Waals surface area contributed by atoms with Gasteiger partial charge in [0.05, 0.1) is 6.20 Å². The Kier molecular flexibility index (Phi) is 2.08. The van der Waals surface area contributed by atoms with E-state index in [-0.39, 0.29) is 11.6 Å². The lowest BCUT2D eigenvalue weighted by Gasteiger charge is -2.04. The summed E-state index contributed by atoms with van der Waals surface area (Å²) in [4.78, 5) is 24.3. The van der Waals surface area contributed by atoms with Crippen LogP contribution in [0.15, 0.2) is 42.7 Å². The van der Waals surface area contributed by atoms with Gasteiger partial charge in [0.25, 0.3) is 0 Å². The van der Waals surface area contributed by atoms with Crippen molar-refractivity contribution in [3.05, 3.63) is 59.4 Å². The first-order valence-electron chi connectivity index (χ1n) is 5.23. The second kappa shape index (κ2) is 3.59. The van der Waals surface area contributed by atoms with E-state index in [9.17, 15) is 9.59 Å². The Morgan fingerprint density at radius 2 is 1.53 bits per heavy atom. The van der Waals surface area contributed by atoms with Gasteiger partial charge < -0.3 is 0 Å². The fourth-order valence-electron chi connectivity index (χ4n) is 2.12. The number of aromatic nitrogens is 2. The molecule has 0 atom stereocenters. The first-order chi connectivity index (χ1) is 8.29. The van der Waals surface area contributed by atoms with Crippen LogP contribution in [0.1, 0.15) is 32.2 Å². The van der Waals surface area contributed by atoms with Crippen LogP contribution in [-0.2, 0) is 0 Å². The van der Waals surface area contributed by atoms with Crippen LogP contribution in [0, 0.1) is 0 Å². The van der Waals surface area contributed by atoms with E-state index in [4.69, 9.17) is 0 Å². The molecule has 1 aromatic carbocycles. The molecule has 1 aliphatic carbocycles. The number of Topliss-reactive ketones (excluding diaryl/α,β-unsaturated/α-hetero) is 2. The molecular formula is C13H8N2O2. The van der Waals surface area contributed by atoms with Crippen molar-refractivity contribution in [1.29, 1.82) is 0 Å².